The summed E-state index contributed by atoms with van der Waals surface area (Å²) in [7, 11) is 0. The van der Waals surface area contributed by atoms with E-state index in [2.05, 4.69) is 0 Å². The van der Waals surface area contributed by atoms with E-state index < -0.39 is 5.97 Å². The molecule has 1 atom stereocenters. The quantitative estimate of drug-likeness (QED) is 0.488. The molecule has 0 bridgehead atoms. The van der Waals surface area contributed by atoms with Crippen molar-refractivity contribution in [2.24, 2.45) is 0 Å². The molecule has 2 heterocycles. The van der Waals surface area contributed by atoms with E-state index in [1.54, 1.807) is 24.8 Å². The van der Waals surface area contributed by atoms with E-state index in [0.717, 1.165) is 29.7 Å². The van der Waals surface area contributed by atoms with Crippen molar-refractivity contribution in [2.45, 2.75) is 53.1 Å². The molecule has 0 saturated heterocycles. The van der Waals surface area contributed by atoms with Gasteiger partial charge in [0, 0.05) is 24.0 Å². The van der Waals surface area contributed by atoms with Crippen LogP contribution >= 0.6 is 0 Å². The van der Waals surface area contributed by atoms with Gasteiger partial charge in [-0.05, 0) is 75.4 Å². The van der Waals surface area contributed by atoms with Gasteiger partial charge in [0.2, 0.25) is 0 Å². The van der Waals surface area contributed by atoms with Crippen molar-refractivity contribution in [3.8, 4) is 0 Å². The highest BCUT2D eigenvalue weighted by Crippen LogP contribution is 2.35. The van der Waals surface area contributed by atoms with E-state index in [1.807, 2.05) is 48.7 Å². The molecule has 4 rings (SSSR count). The van der Waals surface area contributed by atoms with Crippen molar-refractivity contribution in [2.75, 3.05) is 11.5 Å². The minimum Gasteiger partial charge on any atom is -0.461 e. The second-order valence-corrected chi connectivity index (χ2v) is 8.56. The van der Waals surface area contributed by atoms with Crippen LogP contribution in [-0.4, -0.2) is 29.1 Å². The summed E-state index contributed by atoms with van der Waals surface area (Å²) in [6.45, 7) is 8.13. The zero-order valence-corrected chi connectivity index (χ0v) is 19.5. The lowest BCUT2D eigenvalue weighted by Crippen LogP contribution is -2.42. The fraction of sp³-hybridized carbons (Fsp3) is 0.333. The maximum atomic E-state index is 14.0. The lowest BCUT2D eigenvalue weighted by atomic mass is 9.95. The zero-order chi connectivity index (χ0) is 23.7. The van der Waals surface area contributed by atoms with Gasteiger partial charge < -0.3 is 14.2 Å². The van der Waals surface area contributed by atoms with Crippen LogP contribution in [0.25, 0.3) is 0 Å². The molecule has 33 heavy (non-hydrogen) atoms. The Labute approximate surface area is 193 Å². The second kappa shape index (κ2) is 9.22. The number of fused-ring (bicyclic) bond motifs is 1. The number of benzene rings is 2. The zero-order valence-electron chi connectivity index (χ0n) is 19.5. The number of halogens is 1. The van der Waals surface area contributed by atoms with E-state index in [9.17, 15) is 14.0 Å². The summed E-state index contributed by atoms with van der Waals surface area (Å²) in [5.74, 6) is -0.925. The summed E-state index contributed by atoms with van der Waals surface area (Å²) in [6.07, 6.45) is 1.47. The van der Waals surface area contributed by atoms with E-state index >= 15 is 0 Å². The number of carbonyl (C=O) groups is 2. The molecule has 3 aromatic rings. The molecular formula is C27H29FN2O3. The average molecular weight is 449 g/mol. The molecular weight excluding hydrogens is 419 g/mol. The number of aromatic nitrogens is 1. The third-order valence-corrected chi connectivity index (χ3v) is 6.43. The largest absolute Gasteiger partial charge is 0.461 e. The first-order valence-corrected chi connectivity index (χ1v) is 11.4. The number of amides is 1. The summed E-state index contributed by atoms with van der Waals surface area (Å²) in [6, 6.07) is 14.3. The predicted molar refractivity (Wildman–Crippen MR) is 126 cm³/mol. The van der Waals surface area contributed by atoms with Crippen molar-refractivity contribution in [3.63, 3.8) is 0 Å². The fourth-order valence-corrected chi connectivity index (χ4v) is 4.79. The highest BCUT2D eigenvalue weighted by molar-refractivity contribution is 6.10. The minimum absolute atomic E-state index is 0.0437. The Balaban J connectivity index is 1.83. The molecule has 2 aromatic carbocycles. The molecule has 0 radical (unpaired) electrons. The Hall–Kier alpha value is -3.41. The fourth-order valence-electron chi connectivity index (χ4n) is 4.79. The summed E-state index contributed by atoms with van der Waals surface area (Å²) in [5, 5.41) is 0. The normalized spacial score (nSPS) is 15.3. The number of hydrogen-bond acceptors (Lipinski definition) is 3. The van der Waals surface area contributed by atoms with Crippen molar-refractivity contribution < 1.29 is 18.7 Å². The van der Waals surface area contributed by atoms with Crippen molar-refractivity contribution in [1.82, 2.24) is 4.57 Å². The number of nitrogens with zero attached hydrogens (tertiary/aromatic N) is 2. The minimum atomic E-state index is -0.442. The van der Waals surface area contributed by atoms with Gasteiger partial charge in [-0.2, -0.15) is 0 Å². The molecule has 172 valence electrons. The summed E-state index contributed by atoms with van der Waals surface area (Å²) >= 11 is 0. The molecule has 0 fully saturated rings. The molecule has 1 aliphatic rings. The number of aryl methyl sites for hydroxylation is 1. The molecule has 0 aliphatic carbocycles. The van der Waals surface area contributed by atoms with Crippen LogP contribution in [0.2, 0.25) is 0 Å². The summed E-state index contributed by atoms with van der Waals surface area (Å²) < 4.78 is 21.1. The second-order valence-electron chi connectivity index (χ2n) is 8.56. The molecule has 1 amide bonds. The molecule has 0 spiro atoms. The first kappa shape index (κ1) is 22.8. The van der Waals surface area contributed by atoms with Crippen LogP contribution in [-0.2, 0) is 17.7 Å². The first-order valence-electron chi connectivity index (χ1n) is 11.4. The third-order valence-electron chi connectivity index (χ3n) is 6.43. The van der Waals surface area contributed by atoms with Gasteiger partial charge in [-0.3, -0.25) is 4.79 Å². The van der Waals surface area contributed by atoms with Crippen LogP contribution in [0.1, 0.15) is 63.5 Å². The van der Waals surface area contributed by atoms with Gasteiger partial charge >= 0.3 is 5.97 Å². The standard InChI is InChI=1S/C27H29FN2O3/c1-5-33-27(32)25-18(3)24(19(4)29(25)16-20-9-7-6-8-10-20)26(31)30-17(2)11-12-21-15-22(28)13-14-23(21)30/h6-10,13-15,17H,5,11-12,16H2,1-4H3. The first-order chi connectivity index (χ1) is 15.8. The van der Waals surface area contributed by atoms with Crippen LogP contribution in [0.3, 0.4) is 0 Å². The smallest absolute Gasteiger partial charge is 0.355 e. The predicted octanol–water partition coefficient (Wildman–Crippen LogP) is 5.45. The number of carbonyl (C=O) groups excluding carboxylic acids is 2. The van der Waals surface area contributed by atoms with Gasteiger partial charge in [-0.1, -0.05) is 30.3 Å². The van der Waals surface area contributed by atoms with Crippen molar-refractivity contribution >= 4 is 17.6 Å². The van der Waals surface area contributed by atoms with E-state index in [-0.39, 0.29) is 24.4 Å². The third kappa shape index (κ3) is 4.17. The molecule has 1 unspecified atom stereocenters. The Morgan fingerprint density at radius 1 is 1.12 bits per heavy atom. The molecule has 5 nitrogen and oxygen atoms in total. The maximum absolute atomic E-state index is 14.0. The SMILES string of the molecule is CCOC(=O)c1c(C)c(C(=O)N2c3ccc(F)cc3CCC2C)c(C)n1Cc1ccccc1. The van der Waals surface area contributed by atoms with Crippen LogP contribution in [0.15, 0.2) is 48.5 Å². The van der Waals surface area contributed by atoms with E-state index in [1.165, 1.54) is 12.1 Å². The number of anilines is 1. The van der Waals surface area contributed by atoms with Gasteiger partial charge in [0.05, 0.1) is 12.2 Å². The maximum Gasteiger partial charge on any atom is 0.355 e. The molecule has 6 heteroatoms. The highest BCUT2D eigenvalue weighted by Gasteiger charge is 2.34. The summed E-state index contributed by atoms with van der Waals surface area (Å²) in [4.78, 5) is 28.6. The van der Waals surface area contributed by atoms with Gasteiger partial charge in [0.15, 0.2) is 0 Å². The van der Waals surface area contributed by atoms with Crippen molar-refractivity contribution in [1.29, 1.82) is 0 Å². The van der Waals surface area contributed by atoms with Crippen LogP contribution in [0, 0.1) is 19.7 Å². The van der Waals surface area contributed by atoms with Crippen LogP contribution in [0.4, 0.5) is 10.1 Å². The number of hydrogen-bond donors (Lipinski definition) is 0. The summed E-state index contributed by atoms with van der Waals surface area (Å²) in [5.41, 5.74) is 4.79. The van der Waals surface area contributed by atoms with Gasteiger partial charge in [-0.15, -0.1) is 0 Å². The molecule has 0 saturated carbocycles. The number of esters is 1. The highest BCUT2D eigenvalue weighted by atomic mass is 19.1. The van der Waals surface area contributed by atoms with Gasteiger partial charge in [0.1, 0.15) is 11.5 Å². The number of ether oxygens (including phenoxy) is 1. The lowest BCUT2D eigenvalue weighted by Gasteiger charge is -2.35. The molecule has 1 aliphatic heterocycles. The topological polar surface area (TPSA) is 51.5 Å². The van der Waals surface area contributed by atoms with Crippen LogP contribution < -0.4 is 4.90 Å². The molecule has 1 aromatic heterocycles. The van der Waals surface area contributed by atoms with Crippen molar-refractivity contribution in [3.05, 3.63) is 88.0 Å². The average Bonchev–Trinajstić information content (AvgIpc) is 3.03. The molecule has 0 N–H and O–H groups in total. The number of rotatable bonds is 5. The van der Waals surface area contributed by atoms with Crippen LogP contribution in [0.5, 0.6) is 0 Å². The van der Waals surface area contributed by atoms with E-state index in [0.29, 0.717) is 29.1 Å². The monoisotopic (exact) mass is 448 g/mol. The van der Waals surface area contributed by atoms with Gasteiger partial charge in [0.25, 0.3) is 5.91 Å². The Bertz CT molecular complexity index is 1200. The van der Waals surface area contributed by atoms with Gasteiger partial charge in [-0.25, -0.2) is 9.18 Å². The lowest BCUT2D eigenvalue weighted by molar-refractivity contribution is 0.0513. The Kier molecular flexibility index (Phi) is 6.36. The Morgan fingerprint density at radius 3 is 2.55 bits per heavy atom. The Morgan fingerprint density at radius 2 is 1.85 bits per heavy atom. The van der Waals surface area contributed by atoms with E-state index in [4.69, 9.17) is 4.74 Å².